The van der Waals surface area contributed by atoms with Crippen molar-refractivity contribution in [2.45, 2.75) is 70.3 Å². The van der Waals surface area contributed by atoms with Crippen LogP contribution in [-0.2, 0) is 9.53 Å². The number of unbranched alkanes of at least 4 members (excludes halogenated alkanes) is 2. The van der Waals surface area contributed by atoms with Crippen molar-refractivity contribution >= 4 is 5.97 Å². The van der Waals surface area contributed by atoms with E-state index in [-0.39, 0.29) is 12.1 Å². The molecule has 0 aromatic heterocycles. The van der Waals surface area contributed by atoms with E-state index in [0.717, 1.165) is 44.3 Å². The minimum Gasteiger partial charge on any atom is -0.490 e. The first kappa shape index (κ1) is 18.6. The van der Waals surface area contributed by atoms with Crippen LogP contribution in [0.2, 0.25) is 0 Å². The molecule has 3 heteroatoms. The summed E-state index contributed by atoms with van der Waals surface area (Å²) in [5.41, 5.74) is 1.24. The Hall–Kier alpha value is -1.77. The highest BCUT2D eigenvalue weighted by Gasteiger charge is 2.29. The van der Waals surface area contributed by atoms with Gasteiger partial charge in [0.15, 0.2) is 0 Å². The van der Waals surface area contributed by atoms with E-state index in [1.807, 2.05) is 12.1 Å². The molecule has 1 aliphatic rings. The quantitative estimate of drug-likeness (QED) is 0.345. The summed E-state index contributed by atoms with van der Waals surface area (Å²) >= 11 is 0. The van der Waals surface area contributed by atoms with Gasteiger partial charge in [-0.3, -0.25) is 4.79 Å². The third-order valence-corrected chi connectivity index (χ3v) is 4.65. The zero-order chi connectivity index (χ0) is 17.2. The Balaban J connectivity index is 1.95. The van der Waals surface area contributed by atoms with Gasteiger partial charge in [0.05, 0.1) is 0 Å². The summed E-state index contributed by atoms with van der Waals surface area (Å²) in [6.45, 7) is 6.32. The molecule has 1 saturated carbocycles. The van der Waals surface area contributed by atoms with Crippen molar-refractivity contribution in [2.24, 2.45) is 0 Å². The molecule has 0 spiro atoms. The van der Waals surface area contributed by atoms with Crippen LogP contribution in [0.1, 0.15) is 69.8 Å². The molecule has 2 atom stereocenters. The van der Waals surface area contributed by atoms with Crippen molar-refractivity contribution < 1.29 is 14.3 Å². The Kier molecular flexibility index (Phi) is 7.87. The van der Waals surface area contributed by atoms with Gasteiger partial charge in [-0.1, -0.05) is 51.0 Å². The van der Waals surface area contributed by atoms with E-state index < -0.39 is 0 Å². The van der Waals surface area contributed by atoms with Crippen molar-refractivity contribution in [3.63, 3.8) is 0 Å². The fraction of sp³-hybridized carbons (Fsp3) is 0.571. The van der Waals surface area contributed by atoms with Gasteiger partial charge in [0, 0.05) is 12.3 Å². The van der Waals surface area contributed by atoms with Crippen molar-refractivity contribution in [1.82, 2.24) is 0 Å². The SMILES string of the molecule is C=CCOc1ccc(C2CCCCC2OC(=O)CCCCC)cc1. The van der Waals surface area contributed by atoms with Gasteiger partial charge in [-0.15, -0.1) is 0 Å². The molecular weight excluding hydrogens is 300 g/mol. The number of hydrogen-bond donors (Lipinski definition) is 0. The summed E-state index contributed by atoms with van der Waals surface area (Å²) in [5, 5.41) is 0. The minimum absolute atomic E-state index is 0.0211. The minimum atomic E-state index is -0.0358. The number of esters is 1. The zero-order valence-corrected chi connectivity index (χ0v) is 14.8. The Bertz CT molecular complexity index is 506. The molecule has 0 saturated heterocycles. The maximum absolute atomic E-state index is 12.1. The van der Waals surface area contributed by atoms with Crippen LogP contribution in [0.5, 0.6) is 5.75 Å². The molecule has 24 heavy (non-hydrogen) atoms. The molecule has 1 aromatic carbocycles. The zero-order valence-electron chi connectivity index (χ0n) is 14.8. The second-order valence-corrected chi connectivity index (χ2v) is 6.55. The van der Waals surface area contributed by atoms with Crippen LogP contribution in [0.15, 0.2) is 36.9 Å². The standard InChI is InChI=1S/C21H30O3/c1-3-5-6-11-21(22)24-20-10-8-7-9-19(20)17-12-14-18(15-13-17)23-16-4-2/h4,12-15,19-20H,2-3,5-11,16H2,1H3. The Morgan fingerprint density at radius 2 is 1.96 bits per heavy atom. The fourth-order valence-electron chi connectivity index (χ4n) is 3.33. The molecular formula is C21H30O3. The lowest BCUT2D eigenvalue weighted by Crippen LogP contribution is -2.28. The van der Waals surface area contributed by atoms with Gasteiger partial charge in [0.1, 0.15) is 18.5 Å². The van der Waals surface area contributed by atoms with E-state index in [9.17, 15) is 4.79 Å². The molecule has 0 radical (unpaired) electrons. The highest BCUT2D eigenvalue weighted by molar-refractivity contribution is 5.69. The molecule has 1 aromatic rings. The van der Waals surface area contributed by atoms with Gasteiger partial charge in [0.2, 0.25) is 0 Å². The molecule has 1 aliphatic carbocycles. The second-order valence-electron chi connectivity index (χ2n) is 6.55. The summed E-state index contributed by atoms with van der Waals surface area (Å²) in [6.07, 6.45) is 9.85. The summed E-state index contributed by atoms with van der Waals surface area (Å²) in [4.78, 5) is 12.1. The third-order valence-electron chi connectivity index (χ3n) is 4.65. The topological polar surface area (TPSA) is 35.5 Å². The number of benzene rings is 1. The molecule has 0 N–H and O–H groups in total. The van der Waals surface area contributed by atoms with Crippen LogP contribution in [0, 0.1) is 0 Å². The first-order valence-electron chi connectivity index (χ1n) is 9.27. The van der Waals surface area contributed by atoms with Gasteiger partial charge in [0.25, 0.3) is 0 Å². The second kappa shape index (κ2) is 10.2. The van der Waals surface area contributed by atoms with E-state index >= 15 is 0 Å². The van der Waals surface area contributed by atoms with Crippen molar-refractivity contribution in [3.05, 3.63) is 42.5 Å². The molecule has 132 valence electrons. The third kappa shape index (κ3) is 5.70. The van der Waals surface area contributed by atoms with Crippen molar-refractivity contribution in [2.75, 3.05) is 6.61 Å². The van der Waals surface area contributed by atoms with E-state index in [4.69, 9.17) is 9.47 Å². The van der Waals surface area contributed by atoms with E-state index in [1.165, 1.54) is 12.0 Å². The molecule has 1 fully saturated rings. The van der Waals surface area contributed by atoms with Gasteiger partial charge < -0.3 is 9.47 Å². The Morgan fingerprint density at radius 1 is 1.21 bits per heavy atom. The first-order chi connectivity index (χ1) is 11.7. The van der Waals surface area contributed by atoms with E-state index in [1.54, 1.807) is 6.08 Å². The Morgan fingerprint density at radius 3 is 2.67 bits per heavy atom. The molecule has 2 rings (SSSR count). The van der Waals surface area contributed by atoms with Crippen LogP contribution in [0.4, 0.5) is 0 Å². The summed E-state index contributed by atoms with van der Waals surface area (Å²) in [5.74, 6) is 1.12. The maximum Gasteiger partial charge on any atom is 0.306 e. The lowest BCUT2D eigenvalue weighted by molar-refractivity contribution is -0.151. The van der Waals surface area contributed by atoms with Crippen LogP contribution < -0.4 is 4.74 Å². The van der Waals surface area contributed by atoms with Gasteiger partial charge in [-0.05, 0) is 43.4 Å². The van der Waals surface area contributed by atoms with Gasteiger partial charge in [-0.2, -0.15) is 0 Å². The number of hydrogen-bond acceptors (Lipinski definition) is 3. The molecule has 0 heterocycles. The van der Waals surface area contributed by atoms with Crippen molar-refractivity contribution in [1.29, 1.82) is 0 Å². The van der Waals surface area contributed by atoms with Crippen LogP contribution in [0.3, 0.4) is 0 Å². The van der Waals surface area contributed by atoms with Crippen LogP contribution in [-0.4, -0.2) is 18.7 Å². The summed E-state index contributed by atoms with van der Waals surface area (Å²) in [6, 6.07) is 8.19. The van der Waals surface area contributed by atoms with E-state index in [0.29, 0.717) is 18.9 Å². The highest BCUT2D eigenvalue weighted by atomic mass is 16.5. The van der Waals surface area contributed by atoms with Crippen LogP contribution in [0.25, 0.3) is 0 Å². The monoisotopic (exact) mass is 330 g/mol. The fourth-order valence-corrected chi connectivity index (χ4v) is 3.33. The maximum atomic E-state index is 12.1. The lowest BCUT2D eigenvalue weighted by Gasteiger charge is -2.31. The predicted octanol–water partition coefficient (Wildman–Crippen LogP) is 5.40. The average Bonchev–Trinajstić information content (AvgIpc) is 2.61. The first-order valence-corrected chi connectivity index (χ1v) is 9.27. The molecule has 0 bridgehead atoms. The van der Waals surface area contributed by atoms with Crippen molar-refractivity contribution in [3.8, 4) is 5.75 Å². The average molecular weight is 330 g/mol. The summed E-state index contributed by atoms with van der Waals surface area (Å²) in [7, 11) is 0. The smallest absolute Gasteiger partial charge is 0.306 e. The normalized spacial score (nSPS) is 20.4. The van der Waals surface area contributed by atoms with Crippen LogP contribution >= 0.6 is 0 Å². The molecule has 2 unspecified atom stereocenters. The van der Waals surface area contributed by atoms with Gasteiger partial charge >= 0.3 is 5.97 Å². The Labute approximate surface area is 146 Å². The van der Waals surface area contributed by atoms with Gasteiger partial charge in [-0.25, -0.2) is 0 Å². The molecule has 0 amide bonds. The number of rotatable bonds is 9. The number of carbonyl (C=O) groups excluding carboxylic acids is 1. The predicted molar refractivity (Wildman–Crippen MR) is 97.4 cm³/mol. The van der Waals surface area contributed by atoms with E-state index in [2.05, 4.69) is 25.6 Å². The number of carbonyl (C=O) groups is 1. The molecule has 3 nitrogen and oxygen atoms in total. The highest BCUT2D eigenvalue weighted by Crippen LogP contribution is 2.36. The largest absolute Gasteiger partial charge is 0.490 e. The number of ether oxygens (including phenoxy) is 2. The lowest BCUT2D eigenvalue weighted by atomic mass is 9.81. The summed E-state index contributed by atoms with van der Waals surface area (Å²) < 4.78 is 11.4. The molecule has 0 aliphatic heterocycles.